The Kier molecular flexibility index (Phi) is 8.83. The second kappa shape index (κ2) is 10.1. The van der Waals surface area contributed by atoms with Gasteiger partial charge >= 0.3 is 0 Å². The standard InChI is InChI=1S/C18H29N3O2.HI/c1-4-18(22,5-2)13-20-17(19-6-3)21-15-11-12-23-16-10-8-7-9-14(15)16;/h7-10,15,22H,4-6,11-13H2,1-3H3,(H2,19,20,21);1H. The van der Waals surface area contributed by atoms with Crippen molar-refractivity contribution in [1.82, 2.24) is 10.6 Å². The highest BCUT2D eigenvalue weighted by Gasteiger charge is 2.24. The van der Waals surface area contributed by atoms with E-state index in [2.05, 4.69) is 21.7 Å². The summed E-state index contributed by atoms with van der Waals surface area (Å²) in [5.74, 6) is 1.68. The van der Waals surface area contributed by atoms with Crippen molar-refractivity contribution in [3.8, 4) is 5.75 Å². The molecular formula is C18H30IN3O2. The molecule has 0 saturated heterocycles. The minimum atomic E-state index is -0.726. The molecule has 0 fully saturated rings. The lowest BCUT2D eigenvalue weighted by atomic mass is 9.98. The maximum Gasteiger partial charge on any atom is 0.191 e. The van der Waals surface area contributed by atoms with Gasteiger partial charge in [0.1, 0.15) is 5.75 Å². The number of halogens is 1. The molecular weight excluding hydrogens is 417 g/mol. The van der Waals surface area contributed by atoms with E-state index in [0.29, 0.717) is 26.0 Å². The van der Waals surface area contributed by atoms with Gasteiger partial charge in [0.15, 0.2) is 5.96 Å². The SMILES string of the molecule is CCNC(=NCC(O)(CC)CC)NC1CCOc2ccccc21.I. The average Bonchev–Trinajstić information content (AvgIpc) is 2.60. The first-order valence-corrected chi connectivity index (χ1v) is 8.60. The molecule has 1 aliphatic heterocycles. The molecule has 0 aliphatic carbocycles. The van der Waals surface area contributed by atoms with Crippen LogP contribution in [-0.4, -0.2) is 36.4 Å². The summed E-state index contributed by atoms with van der Waals surface area (Å²) in [6.07, 6.45) is 2.30. The Bertz CT molecular complexity index is 533. The monoisotopic (exact) mass is 447 g/mol. The van der Waals surface area contributed by atoms with Crippen LogP contribution in [0.3, 0.4) is 0 Å². The van der Waals surface area contributed by atoms with E-state index in [4.69, 9.17) is 4.74 Å². The van der Waals surface area contributed by atoms with Gasteiger partial charge in [-0.05, 0) is 25.8 Å². The fourth-order valence-electron chi connectivity index (χ4n) is 2.68. The Morgan fingerprint density at radius 3 is 2.67 bits per heavy atom. The maximum atomic E-state index is 10.4. The fraction of sp³-hybridized carbons (Fsp3) is 0.611. The van der Waals surface area contributed by atoms with E-state index < -0.39 is 5.60 Å². The third-order valence-electron chi connectivity index (χ3n) is 4.46. The molecule has 0 spiro atoms. The minimum Gasteiger partial charge on any atom is -0.493 e. The second-order valence-electron chi connectivity index (χ2n) is 6.00. The molecule has 0 bridgehead atoms. The van der Waals surface area contributed by atoms with E-state index in [-0.39, 0.29) is 30.0 Å². The molecule has 1 unspecified atom stereocenters. The van der Waals surface area contributed by atoms with Gasteiger partial charge in [-0.3, -0.25) is 4.99 Å². The van der Waals surface area contributed by atoms with E-state index in [9.17, 15) is 5.11 Å². The zero-order chi connectivity index (χ0) is 16.7. The molecule has 0 saturated carbocycles. The summed E-state index contributed by atoms with van der Waals surface area (Å²) in [6.45, 7) is 7.92. The maximum absolute atomic E-state index is 10.4. The zero-order valence-corrected chi connectivity index (χ0v) is 17.2. The molecule has 2 rings (SSSR count). The lowest BCUT2D eigenvalue weighted by Gasteiger charge is -2.29. The fourth-order valence-corrected chi connectivity index (χ4v) is 2.68. The number of benzene rings is 1. The molecule has 1 heterocycles. The van der Waals surface area contributed by atoms with Crippen LogP contribution in [-0.2, 0) is 0 Å². The summed E-state index contributed by atoms with van der Waals surface area (Å²) < 4.78 is 5.70. The predicted molar refractivity (Wildman–Crippen MR) is 109 cm³/mol. The highest BCUT2D eigenvalue weighted by molar-refractivity contribution is 14.0. The Balaban J connectivity index is 0.00000288. The van der Waals surface area contributed by atoms with Crippen molar-refractivity contribution < 1.29 is 9.84 Å². The van der Waals surface area contributed by atoms with Crippen molar-refractivity contribution in [1.29, 1.82) is 0 Å². The molecule has 0 radical (unpaired) electrons. The van der Waals surface area contributed by atoms with Crippen LogP contribution >= 0.6 is 24.0 Å². The van der Waals surface area contributed by atoms with Crippen LogP contribution in [0, 0.1) is 0 Å². The third-order valence-corrected chi connectivity index (χ3v) is 4.46. The van der Waals surface area contributed by atoms with Crippen LogP contribution in [0.1, 0.15) is 51.6 Å². The number of hydrogen-bond acceptors (Lipinski definition) is 3. The van der Waals surface area contributed by atoms with Gasteiger partial charge in [-0.15, -0.1) is 24.0 Å². The van der Waals surface area contributed by atoms with Crippen LogP contribution in [0.2, 0.25) is 0 Å². The topological polar surface area (TPSA) is 65.9 Å². The average molecular weight is 447 g/mol. The lowest BCUT2D eigenvalue weighted by Crippen LogP contribution is -2.42. The molecule has 1 aliphatic rings. The van der Waals surface area contributed by atoms with Crippen LogP contribution in [0.25, 0.3) is 0 Å². The summed E-state index contributed by atoms with van der Waals surface area (Å²) in [6, 6.07) is 8.28. The first-order chi connectivity index (χ1) is 11.1. The molecule has 0 amide bonds. The van der Waals surface area contributed by atoms with Gasteiger partial charge in [-0.2, -0.15) is 0 Å². The highest BCUT2D eigenvalue weighted by atomic mass is 127. The van der Waals surface area contributed by atoms with Crippen molar-refractivity contribution in [2.45, 2.75) is 51.7 Å². The molecule has 1 aromatic rings. The molecule has 1 aromatic carbocycles. The second-order valence-corrected chi connectivity index (χ2v) is 6.00. The Hall–Kier alpha value is -1.02. The number of ether oxygens (including phenoxy) is 1. The number of nitrogens with one attached hydrogen (secondary N) is 2. The third kappa shape index (κ3) is 5.51. The quantitative estimate of drug-likeness (QED) is 0.356. The van der Waals surface area contributed by atoms with Crippen LogP contribution in [0.4, 0.5) is 0 Å². The van der Waals surface area contributed by atoms with Crippen LogP contribution in [0.5, 0.6) is 5.75 Å². The molecule has 5 nitrogen and oxygen atoms in total. The number of aliphatic hydroxyl groups is 1. The van der Waals surface area contributed by atoms with Crippen molar-refractivity contribution in [3.63, 3.8) is 0 Å². The van der Waals surface area contributed by atoms with Crippen molar-refractivity contribution in [2.24, 2.45) is 4.99 Å². The first-order valence-electron chi connectivity index (χ1n) is 8.60. The minimum absolute atomic E-state index is 0. The molecule has 1 atom stereocenters. The normalized spacial score (nSPS) is 17.3. The van der Waals surface area contributed by atoms with Crippen LogP contribution in [0.15, 0.2) is 29.3 Å². The Morgan fingerprint density at radius 2 is 2.00 bits per heavy atom. The van der Waals surface area contributed by atoms with E-state index in [0.717, 1.165) is 30.2 Å². The molecule has 136 valence electrons. The summed E-state index contributed by atoms with van der Waals surface area (Å²) in [4.78, 5) is 4.60. The van der Waals surface area contributed by atoms with Gasteiger partial charge in [-0.1, -0.05) is 32.0 Å². The van der Waals surface area contributed by atoms with Gasteiger partial charge in [0.05, 0.1) is 24.8 Å². The first kappa shape index (κ1) is 21.0. The molecule has 3 N–H and O–H groups in total. The van der Waals surface area contributed by atoms with E-state index in [1.807, 2.05) is 39.0 Å². The van der Waals surface area contributed by atoms with Gasteiger partial charge < -0.3 is 20.5 Å². The smallest absolute Gasteiger partial charge is 0.191 e. The Labute approximate surface area is 162 Å². The highest BCUT2D eigenvalue weighted by Crippen LogP contribution is 2.31. The Morgan fingerprint density at radius 1 is 1.29 bits per heavy atom. The summed E-state index contributed by atoms with van der Waals surface area (Å²) >= 11 is 0. The summed E-state index contributed by atoms with van der Waals surface area (Å²) in [7, 11) is 0. The van der Waals surface area contributed by atoms with Crippen LogP contribution < -0.4 is 15.4 Å². The predicted octanol–water partition coefficient (Wildman–Crippen LogP) is 3.23. The summed E-state index contributed by atoms with van der Waals surface area (Å²) in [5, 5.41) is 17.2. The molecule has 6 heteroatoms. The number of nitrogens with zero attached hydrogens (tertiary/aromatic N) is 1. The number of fused-ring (bicyclic) bond motifs is 1. The number of para-hydroxylation sites is 1. The van der Waals surface area contributed by atoms with Gasteiger partial charge in [0.2, 0.25) is 0 Å². The largest absolute Gasteiger partial charge is 0.493 e. The van der Waals surface area contributed by atoms with E-state index in [1.54, 1.807) is 0 Å². The number of aliphatic imine (C=N–C) groups is 1. The lowest BCUT2D eigenvalue weighted by molar-refractivity contribution is 0.0417. The molecule has 0 aromatic heterocycles. The van der Waals surface area contributed by atoms with Crippen molar-refractivity contribution >= 4 is 29.9 Å². The number of guanidine groups is 1. The van der Waals surface area contributed by atoms with Gasteiger partial charge in [0, 0.05) is 18.5 Å². The van der Waals surface area contributed by atoms with E-state index in [1.165, 1.54) is 0 Å². The number of rotatable bonds is 6. The zero-order valence-electron chi connectivity index (χ0n) is 14.8. The van der Waals surface area contributed by atoms with Crippen molar-refractivity contribution in [3.05, 3.63) is 29.8 Å². The summed E-state index contributed by atoms with van der Waals surface area (Å²) in [5.41, 5.74) is 0.432. The van der Waals surface area contributed by atoms with Gasteiger partial charge in [-0.25, -0.2) is 0 Å². The van der Waals surface area contributed by atoms with Gasteiger partial charge in [0.25, 0.3) is 0 Å². The van der Waals surface area contributed by atoms with E-state index >= 15 is 0 Å². The molecule has 24 heavy (non-hydrogen) atoms. The van der Waals surface area contributed by atoms with Crippen molar-refractivity contribution in [2.75, 3.05) is 19.7 Å². The number of hydrogen-bond donors (Lipinski definition) is 3.